The second-order valence-electron chi connectivity index (χ2n) is 12.1. The van der Waals surface area contributed by atoms with E-state index in [1.807, 2.05) is 26.0 Å². The summed E-state index contributed by atoms with van der Waals surface area (Å²) in [4.78, 5) is 59.1. The number of phenolic OH excluding ortho intramolecular Hbond substituents is 1. The van der Waals surface area contributed by atoms with Crippen LogP contribution in [-0.2, 0) is 19.2 Å². The van der Waals surface area contributed by atoms with Crippen molar-refractivity contribution in [2.45, 2.75) is 32.6 Å². The zero-order valence-electron chi connectivity index (χ0n) is 24.3. The lowest BCUT2D eigenvalue weighted by Gasteiger charge is -2.49. The number of nitrogens with zero attached hydrogens (tertiary/aromatic N) is 2. The Balaban J connectivity index is 1.37. The number of halogens is 1. The summed E-state index contributed by atoms with van der Waals surface area (Å²) >= 11 is 6.08. The molecule has 7 rings (SSSR count). The molecule has 0 spiro atoms. The Bertz CT molecular complexity index is 1740. The van der Waals surface area contributed by atoms with E-state index < -0.39 is 35.0 Å². The van der Waals surface area contributed by atoms with Gasteiger partial charge in [-0.15, -0.1) is 0 Å². The van der Waals surface area contributed by atoms with E-state index in [0.717, 1.165) is 5.57 Å². The van der Waals surface area contributed by atoms with Crippen LogP contribution in [0.2, 0.25) is 5.02 Å². The summed E-state index contributed by atoms with van der Waals surface area (Å²) in [5, 5.41) is 11.0. The monoisotopic (exact) mass is 610 g/mol. The second-order valence-corrected chi connectivity index (χ2v) is 12.6. The van der Waals surface area contributed by atoms with Gasteiger partial charge in [0.1, 0.15) is 0 Å². The summed E-state index contributed by atoms with van der Waals surface area (Å²) in [6.45, 7) is 3.98. The highest BCUT2D eigenvalue weighted by Gasteiger charge is 2.67. The molecule has 1 saturated carbocycles. The van der Waals surface area contributed by atoms with Gasteiger partial charge in [0.25, 0.3) is 0 Å². The Labute approximate surface area is 259 Å². The van der Waals surface area contributed by atoms with Crippen LogP contribution in [0, 0.1) is 29.1 Å². The number of carbonyl (C=O) groups is 4. The number of para-hydroxylation sites is 1. The summed E-state index contributed by atoms with van der Waals surface area (Å²) in [7, 11) is 0. The van der Waals surface area contributed by atoms with Crippen LogP contribution >= 0.6 is 11.6 Å². The first-order valence-corrected chi connectivity index (χ1v) is 15.3. The maximum atomic E-state index is 14.5. The van der Waals surface area contributed by atoms with E-state index in [1.165, 1.54) is 15.9 Å². The summed E-state index contributed by atoms with van der Waals surface area (Å²) in [6, 6.07) is 20.5. The lowest BCUT2D eigenvalue weighted by molar-refractivity contribution is -0.131. The highest BCUT2D eigenvalue weighted by Crippen LogP contribution is 2.64. The lowest BCUT2D eigenvalue weighted by Crippen LogP contribution is -2.48. The van der Waals surface area contributed by atoms with Gasteiger partial charge in [0.05, 0.1) is 41.2 Å². The van der Waals surface area contributed by atoms with Crippen LogP contribution < -0.4 is 14.5 Å². The van der Waals surface area contributed by atoms with Crippen LogP contribution in [0.4, 0.5) is 11.4 Å². The molecule has 2 aliphatic carbocycles. The van der Waals surface area contributed by atoms with Crippen molar-refractivity contribution in [3.63, 3.8) is 0 Å². The van der Waals surface area contributed by atoms with E-state index in [1.54, 1.807) is 60.7 Å². The Morgan fingerprint density at radius 2 is 1.59 bits per heavy atom. The zero-order valence-corrected chi connectivity index (χ0v) is 25.0. The molecule has 0 bridgehead atoms. The number of carbonyl (C=O) groups excluding carboxylic acids is 4. The molecule has 3 aromatic carbocycles. The van der Waals surface area contributed by atoms with Crippen molar-refractivity contribution in [3.05, 3.63) is 95.0 Å². The van der Waals surface area contributed by atoms with Gasteiger partial charge >= 0.3 is 0 Å². The fourth-order valence-corrected chi connectivity index (χ4v) is 8.17. The van der Waals surface area contributed by atoms with Gasteiger partial charge in [-0.25, -0.2) is 4.90 Å². The number of ether oxygens (including phenoxy) is 1. The van der Waals surface area contributed by atoms with Crippen LogP contribution in [0.1, 0.15) is 38.2 Å². The molecule has 3 aromatic rings. The molecule has 4 aliphatic rings. The van der Waals surface area contributed by atoms with E-state index in [0.29, 0.717) is 35.0 Å². The highest BCUT2D eigenvalue weighted by atomic mass is 35.5. The number of fused-ring (bicyclic) bond motifs is 4. The van der Waals surface area contributed by atoms with Gasteiger partial charge in [-0.1, -0.05) is 47.5 Å². The van der Waals surface area contributed by atoms with Crippen molar-refractivity contribution in [1.82, 2.24) is 0 Å². The second kappa shape index (κ2) is 10.3. The number of imide groups is 2. The minimum Gasteiger partial charge on any atom is -0.504 e. The average Bonchev–Trinajstić information content (AvgIpc) is 3.39. The number of phenols is 1. The molecule has 8 nitrogen and oxygen atoms in total. The minimum atomic E-state index is -1.18. The molecule has 3 fully saturated rings. The highest BCUT2D eigenvalue weighted by molar-refractivity contribution is 6.31. The molecule has 0 aromatic heterocycles. The van der Waals surface area contributed by atoms with Gasteiger partial charge in [0.2, 0.25) is 23.6 Å². The molecule has 2 saturated heterocycles. The number of allylic oxidation sites excluding steroid dienone is 2. The quantitative estimate of drug-likeness (QED) is 0.286. The number of aromatic hydroxyl groups is 1. The third kappa shape index (κ3) is 3.97. The van der Waals surface area contributed by atoms with Crippen molar-refractivity contribution in [2.24, 2.45) is 29.1 Å². The maximum absolute atomic E-state index is 14.5. The molecule has 2 aliphatic heterocycles. The van der Waals surface area contributed by atoms with E-state index in [4.69, 9.17) is 16.3 Å². The van der Waals surface area contributed by atoms with Gasteiger partial charge in [0, 0.05) is 10.9 Å². The SMILES string of the molecule is CCOc1cc([C@H]2C3=CC[C@@H]4C(=O)N(c5ccc(Cl)cc5)C(=O)[C@@H]4[C@@H]3C[C@H]3C(=O)N(c4ccccc4)C(=O)[C@@]23C)ccc1O. The predicted molar refractivity (Wildman–Crippen MR) is 164 cm³/mol. The van der Waals surface area contributed by atoms with Crippen LogP contribution in [0.3, 0.4) is 0 Å². The van der Waals surface area contributed by atoms with Crippen molar-refractivity contribution in [2.75, 3.05) is 16.4 Å². The Morgan fingerprint density at radius 3 is 2.30 bits per heavy atom. The number of hydrogen-bond donors (Lipinski definition) is 1. The van der Waals surface area contributed by atoms with Crippen molar-refractivity contribution in [3.8, 4) is 11.5 Å². The molecular weight excluding hydrogens is 580 g/mol. The standard InChI is InChI=1S/C35H31ClN2O6/c1-3-44-28-17-19(9-16-27(28)39)30-23-14-15-24-29(33(42)37(31(24)40)22-12-10-20(36)11-13-22)25(23)18-26-32(41)38(34(43)35(26,30)2)21-7-5-4-6-8-21/h4-14,16-17,24-26,29-30,39H,3,15,18H2,1-2H3/t24-,25+,26-,29-,30-,35+/m0/s1. The minimum absolute atomic E-state index is 0.0303. The maximum Gasteiger partial charge on any atom is 0.241 e. The summed E-state index contributed by atoms with van der Waals surface area (Å²) in [5.41, 5.74) is 1.35. The smallest absolute Gasteiger partial charge is 0.241 e. The average molecular weight is 611 g/mol. The first-order chi connectivity index (χ1) is 21.2. The Hall–Kier alpha value is -4.43. The fraction of sp³-hybridized carbons (Fsp3) is 0.314. The molecule has 224 valence electrons. The molecule has 9 heteroatoms. The zero-order chi connectivity index (χ0) is 30.9. The normalized spacial score (nSPS) is 29.3. The molecule has 2 heterocycles. The predicted octanol–water partition coefficient (Wildman–Crippen LogP) is 5.88. The molecule has 6 atom stereocenters. The van der Waals surface area contributed by atoms with Crippen molar-refractivity contribution in [1.29, 1.82) is 0 Å². The number of anilines is 2. The van der Waals surface area contributed by atoms with Gasteiger partial charge in [-0.05, 0) is 86.7 Å². The number of hydrogen-bond acceptors (Lipinski definition) is 6. The summed E-state index contributed by atoms with van der Waals surface area (Å²) in [6.07, 6.45) is 2.60. The first-order valence-electron chi connectivity index (χ1n) is 14.9. The van der Waals surface area contributed by atoms with Gasteiger partial charge in [-0.2, -0.15) is 0 Å². The topological polar surface area (TPSA) is 104 Å². The number of rotatable bonds is 5. The van der Waals surface area contributed by atoms with E-state index in [-0.39, 0.29) is 41.5 Å². The van der Waals surface area contributed by atoms with Gasteiger partial charge in [-0.3, -0.25) is 24.1 Å². The molecule has 44 heavy (non-hydrogen) atoms. The number of amides is 4. The number of benzene rings is 3. The van der Waals surface area contributed by atoms with Crippen LogP contribution in [0.25, 0.3) is 0 Å². The third-order valence-electron chi connectivity index (χ3n) is 9.99. The largest absolute Gasteiger partial charge is 0.504 e. The fourth-order valence-electron chi connectivity index (χ4n) is 8.04. The molecule has 0 radical (unpaired) electrons. The first kappa shape index (κ1) is 28.3. The molecular formula is C35H31ClN2O6. The van der Waals surface area contributed by atoms with E-state index >= 15 is 0 Å². The summed E-state index contributed by atoms with van der Waals surface area (Å²) < 4.78 is 5.71. The van der Waals surface area contributed by atoms with Gasteiger partial charge < -0.3 is 9.84 Å². The Morgan fingerprint density at radius 1 is 0.886 bits per heavy atom. The van der Waals surface area contributed by atoms with E-state index in [9.17, 15) is 24.3 Å². The van der Waals surface area contributed by atoms with Crippen LogP contribution in [-0.4, -0.2) is 35.3 Å². The lowest BCUT2D eigenvalue weighted by atomic mass is 9.51. The molecule has 0 unspecified atom stereocenters. The van der Waals surface area contributed by atoms with Crippen molar-refractivity contribution >= 4 is 46.6 Å². The molecule has 1 N–H and O–H groups in total. The van der Waals surface area contributed by atoms with E-state index in [2.05, 4.69) is 0 Å². The summed E-state index contributed by atoms with van der Waals surface area (Å²) in [5.74, 6) is -3.99. The van der Waals surface area contributed by atoms with Crippen LogP contribution in [0.15, 0.2) is 84.4 Å². The third-order valence-corrected chi connectivity index (χ3v) is 10.2. The van der Waals surface area contributed by atoms with Gasteiger partial charge in [0.15, 0.2) is 11.5 Å². The van der Waals surface area contributed by atoms with Crippen molar-refractivity contribution < 1.29 is 29.0 Å². The van der Waals surface area contributed by atoms with Crippen LogP contribution in [0.5, 0.6) is 11.5 Å². The molecule has 4 amide bonds. The Kier molecular flexibility index (Phi) is 6.66.